The third kappa shape index (κ3) is 4.25. The molecule has 1 amide bonds. The van der Waals surface area contributed by atoms with Crippen molar-refractivity contribution in [2.24, 2.45) is 5.92 Å². The minimum absolute atomic E-state index is 0.0534. The van der Waals surface area contributed by atoms with Crippen molar-refractivity contribution in [1.82, 2.24) is 4.90 Å². The van der Waals surface area contributed by atoms with Gasteiger partial charge in [-0.2, -0.15) is 0 Å². The molecule has 0 radical (unpaired) electrons. The first kappa shape index (κ1) is 19.1. The SMILES string of the molecule is CCCCOC(=O)[C@@H]1CS[C@H](c2ccccc2Cl)N1C(=O)C(C)C. The number of ether oxygens (including phenoxy) is 1. The highest BCUT2D eigenvalue weighted by molar-refractivity contribution is 7.99. The number of benzene rings is 1. The summed E-state index contributed by atoms with van der Waals surface area (Å²) in [7, 11) is 0. The fourth-order valence-electron chi connectivity index (χ4n) is 2.58. The van der Waals surface area contributed by atoms with Crippen LogP contribution in [0.25, 0.3) is 0 Å². The summed E-state index contributed by atoms with van der Waals surface area (Å²) in [5, 5.41) is 0.355. The van der Waals surface area contributed by atoms with Gasteiger partial charge in [0.15, 0.2) is 0 Å². The molecule has 6 heteroatoms. The molecule has 1 aliphatic heterocycles. The van der Waals surface area contributed by atoms with Gasteiger partial charge in [-0.15, -0.1) is 11.8 Å². The average Bonchev–Trinajstić information content (AvgIpc) is 2.99. The lowest BCUT2D eigenvalue weighted by atomic mass is 10.1. The first-order chi connectivity index (χ1) is 11.5. The molecule has 0 bridgehead atoms. The van der Waals surface area contributed by atoms with Crippen LogP contribution in [0.4, 0.5) is 0 Å². The van der Waals surface area contributed by atoms with Gasteiger partial charge in [0.05, 0.1) is 6.61 Å². The van der Waals surface area contributed by atoms with Crippen molar-refractivity contribution in [3.05, 3.63) is 34.9 Å². The van der Waals surface area contributed by atoms with E-state index in [4.69, 9.17) is 16.3 Å². The summed E-state index contributed by atoms with van der Waals surface area (Å²) < 4.78 is 5.36. The fourth-order valence-corrected chi connectivity index (χ4v) is 4.35. The van der Waals surface area contributed by atoms with Gasteiger partial charge in [0, 0.05) is 22.3 Å². The summed E-state index contributed by atoms with van der Waals surface area (Å²) >= 11 is 7.88. The fraction of sp³-hybridized carbons (Fsp3) is 0.556. The van der Waals surface area contributed by atoms with Crippen LogP contribution in [0.15, 0.2) is 24.3 Å². The van der Waals surface area contributed by atoms with E-state index in [0.29, 0.717) is 17.4 Å². The van der Waals surface area contributed by atoms with E-state index in [1.165, 1.54) is 0 Å². The van der Waals surface area contributed by atoms with Crippen molar-refractivity contribution in [3.63, 3.8) is 0 Å². The Morgan fingerprint density at radius 1 is 1.38 bits per heavy atom. The zero-order chi connectivity index (χ0) is 17.7. The standard InChI is InChI=1S/C18H24ClNO3S/c1-4-5-10-23-18(22)15-11-24-17(20(15)16(21)12(2)3)13-8-6-7-9-14(13)19/h6-9,12,15,17H,4-5,10-11H2,1-3H3/t15-,17+/m0/s1. The van der Waals surface area contributed by atoms with Crippen LogP contribution in [0.5, 0.6) is 0 Å². The molecule has 1 saturated heterocycles. The normalized spacial score (nSPS) is 20.5. The van der Waals surface area contributed by atoms with Crippen molar-refractivity contribution < 1.29 is 14.3 Å². The molecule has 1 aromatic carbocycles. The lowest BCUT2D eigenvalue weighted by Crippen LogP contribution is -2.45. The highest BCUT2D eigenvalue weighted by atomic mass is 35.5. The summed E-state index contributed by atoms with van der Waals surface area (Å²) in [5.41, 5.74) is 0.863. The summed E-state index contributed by atoms with van der Waals surface area (Å²) in [6.07, 6.45) is 1.79. The molecule has 2 rings (SSSR count). The van der Waals surface area contributed by atoms with E-state index in [2.05, 4.69) is 0 Å². The number of nitrogens with zero attached hydrogens (tertiary/aromatic N) is 1. The van der Waals surface area contributed by atoms with Crippen molar-refractivity contribution in [2.75, 3.05) is 12.4 Å². The smallest absolute Gasteiger partial charge is 0.329 e. The minimum Gasteiger partial charge on any atom is -0.464 e. The predicted molar refractivity (Wildman–Crippen MR) is 98.0 cm³/mol. The zero-order valence-electron chi connectivity index (χ0n) is 14.3. The maximum absolute atomic E-state index is 12.7. The molecule has 1 aromatic rings. The monoisotopic (exact) mass is 369 g/mol. The van der Waals surface area contributed by atoms with Crippen LogP contribution >= 0.6 is 23.4 Å². The van der Waals surface area contributed by atoms with Crippen LogP contribution in [0.2, 0.25) is 5.02 Å². The Hall–Kier alpha value is -1.20. The number of rotatable bonds is 6. The van der Waals surface area contributed by atoms with Crippen molar-refractivity contribution in [1.29, 1.82) is 0 Å². The van der Waals surface area contributed by atoms with Crippen molar-refractivity contribution in [3.8, 4) is 0 Å². The molecular formula is C18H24ClNO3S. The highest BCUT2D eigenvalue weighted by Gasteiger charge is 2.44. The highest BCUT2D eigenvalue weighted by Crippen LogP contribution is 2.44. The maximum Gasteiger partial charge on any atom is 0.329 e. The summed E-state index contributed by atoms with van der Waals surface area (Å²) in [5.74, 6) is -0.0410. The minimum atomic E-state index is -0.553. The molecule has 0 aromatic heterocycles. The molecule has 132 valence electrons. The molecule has 4 nitrogen and oxygen atoms in total. The molecule has 1 heterocycles. The van der Waals surface area contributed by atoms with Crippen LogP contribution in [0, 0.1) is 5.92 Å². The van der Waals surface area contributed by atoms with E-state index in [0.717, 1.165) is 18.4 Å². The summed E-state index contributed by atoms with van der Waals surface area (Å²) in [6, 6.07) is 6.92. The van der Waals surface area contributed by atoms with Gasteiger partial charge < -0.3 is 9.64 Å². The van der Waals surface area contributed by atoms with E-state index in [9.17, 15) is 9.59 Å². The average molecular weight is 370 g/mol. The number of unbranched alkanes of at least 4 members (excludes halogenated alkanes) is 1. The Balaban J connectivity index is 2.25. The second-order valence-electron chi connectivity index (χ2n) is 6.14. The summed E-state index contributed by atoms with van der Waals surface area (Å²) in [4.78, 5) is 26.9. The first-order valence-electron chi connectivity index (χ1n) is 8.32. The molecule has 1 fully saturated rings. The van der Waals surface area contributed by atoms with Crippen LogP contribution in [0.3, 0.4) is 0 Å². The number of halogens is 1. The molecule has 0 unspecified atom stereocenters. The topological polar surface area (TPSA) is 46.6 Å². The van der Waals surface area contributed by atoms with Gasteiger partial charge in [0.2, 0.25) is 5.91 Å². The van der Waals surface area contributed by atoms with E-state index in [1.54, 1.807) is 16.7 Å². The Bertz CT molecular complexity index is 593. The lowest BCUT2D eigenvalue weighted by molar-refractivity contribution is -0.155. The second kappa shape index (κ2) is 8.77. The van der Waals surface area contributed by atoms with Gasteiger partial charge >= 0.3 is 5.97 Å². The summed E-state index contributed by atoms with van der Waals surface area (Å²) in [6.45, 7) is 6.13. The van der Waals surface area contributed by atoms with Crippen LogP contribution in [-0.4, -0.2) is 35.2 Å². The molecule has 0 aliphatic carbocycles. The molecule has 24 heavy (non-hydrogen) atoms. The molecule has 0 saturated carbocycles. The van der Waals surface area contributed by atoms with Gasteiger partial charge in [0.25, 0.3) is 0 Å². The maximum atomic E-state index is 12.7. The van der Waals surface area contributed by atoms with E-state index >= 15 is 0 Å². The van der Waals surface area contributed by atoms with Crippen LogP contribution < -0.4 is 0 Å². The zero-order valence-corrected chi connectivity index (χ0v) is 15.9. The molecule has 2 atom stereocenters. The number of hydrogen-bond donors (Lipinski definition) is 0. The van der Waals surface area contributed by atoms with Crippen molar-refractivity contribution in [2.45, 2.75) is 45.0 Å². The van der Waals surface area contributed by atoms with Gasteiger partial charge in [-0.3, -0.25) is 4.79 Å². The van der Waals surface area contributed by atoms with E-state index in [-0.39, 0.29) is 23.2 Å². The third-order valence-electron chi connectivity index (χ3n) is 3.93. The molecule has 0 spiro atoms. The largest absolute Gasteiger partial charge is 0.464 e. The van der Waals surface area contributed by atoms with E-state index in [1.807, 2.05) is 45.0 Å². The molecular weight excluding hydrogens is 346 g/mol. The number of carbonyl (C=O) groups excluding carboxylic acids is 2. The lowest BCUT2D eigenvalue weighted by Gasteiger charge is -2.30. The van der Waals surface area contributed by atoms with Gasteiger partial charge in [-0.05, 0) is 12.5 Å². The second-order valence-corrected chi connectivity index (χ2v) is 7.66. The Labute approximate surface area is 152 Å². The number of hydrogen-bond acceptors (Lipinski definition) is 4. The van der Waals surface area contributed by atoms with Crippen LogP contribution in [0.1, 0.15) is 44.6 Å². The number of esters is 1. The quantitative estimate of drug-likeness (QED) is 0.554. The van der Waals surface area contributed by atoms with Gasteiger partial charge in [0.1, 0.15) is 11.4 Å². The van der Waals surface area contributed by atoms with Gasteiger partial charge in [-0.1, -0.05) is 57.0 Å². The van der Waals surface area contributed by atoms with E-state index < -0.39 is 6.04 Å². The number of amides is 1. The predicted octanol–water partition coefficient (Wildman–Crippen LogP) is 4.28. The Morgan fingerprint density at radius 2 is 2.08 bits per heavy atom. The Kier molecular flexibility index (Phi) is 6.99. The number of thioether (sulfide) groups is 1. The van der Waals surface area contributed by atoms with Crippen molar-refractivity contribution >= 4 is 35.2 Å². The third-order valence-corrected chi connectivity index (χ3v) is 5.58. The van der Waals surface area contributed by atoms with Crippen LogP contribution in [-0.2, 0) is 14.3 Å². The first-order valence-corrected chi connectivity index (χ1v) is 9.74. The molecule has 0 N–H and O–H groups in total. The Morgan fingerprint density at radius 3 is 2.71 bits per heavy atom. The number of carbonyl (C=O) groups is 2. The molecule has 1 aliphatic rings. The van der Waals surface area contributed by atoms with Gasteiger partial charge in [-0.25, -0.2) is 4.79 Å².